The molecule has 0 saturated carbocycles. The Hall–Kier alpha value is -0.830. The average Bonchev–Trinajstić information content (AvgIpc) is 2.89. The second kappa shape index (κ2) is 5.87. The number of sulfonamides is 1. The summed E-state index contributed by atoms with van der Waals surface area (Å²) in [6, 6.07) is 3.20. The lowest BCUT2D eigenvalue weighted by molar-refractivity contribution is 0.543. The smallest absolute Gasteiger partial charge is 0.260 e. The minimum absolute atomic E-state index is 0.0573. The summed E-state index contributed by atoms with van der Waals surface area (Å²) in [6.07, 6.45) is 2.48. The molecule has 4 N–H and O–H groups in total. The van der Waals surface area contributed by atoms with Crippen LogP contribution in [-0.4, -0.2) is 31.5 Å². The van der Waals surface area contributed by atoms with Gasteiger partial charge in [0.15, 0.2) is 5.03 Å². The number of hydrogen-bond donors (Lipinski definition) is 3. The van der Waals surface area contributed by atoms with Crippen LogP contribution in [0.3, 0.4) is 0 Å². The molecule has 0 aliphatic carbocycles. The Balaban J connectivity index is 2.09. The fourth-order valence-electron chi connectivity index (χ4n) is 1.76. The number of nitrogens with one attached hydrogen (secondary N) is 2. The molecule has 1 aliphatic heterocycles. The molecule has 0 amide bonds. The van der Waals surface area contributed by atoms with Gasteiger partial charge in [-0.3, -0.25) is 5.84 Å². The van der Waals surface area contributed by atoms with E-state index in [2.05, 4.69) is 15.1 Å². The Labute approximate surface area is 111 Å². The lowest BCUT2D eigenvalue weighted by atomic mass is 10.1. The molecule has 8 heteroatoms. The molecule has 0 spiro atoms. The van der Waals surface area contributed by atoms with E-state index in [1.807, 2.05) is 11.8 Å². The van der Waals surface area contributed by atoms with Gasteiger partial charge in [0.1, 0.15) is 0 Å². The predicted molar refractivity (Wildman–Crippen MR) is 72.7 cm³/mol. The number of nitrogen functional groups attached to an aromatic ring is 1. The summed E-state index contributed by atoms with van der Waals surface area (Å²) in [6.45, 7) is 0.454. The fourth-order valence-corrected chi connectivity index (χ4v) is 4.25. The molecule has 1 saturated heterocycles. The zero-order valence-corrected chi connectivity index (χ0v) is 11.4. The van der Waals surface area contributed by atoms with Crippen LogP contribution in [0.5, 0.6) is 0 Å². The summed E-state index contributed by atoms with van der Waals surface area (Å²) in [5.41, 5.74) is 2.64. The lowest BCUT2D eigenvalue weighted by Crippen LogP contribution is -2.31. The average molecular weight is 288 g/mol. The van der Waals surface area contributed by atoms with Crippen molar-refractivity contribution >= 4 is 27.5 Å². The quantitative estimate of drug-likeness (QED) is 0.536. The Kier molecular flexibility index (Phi) is 4.44. The fraction of sp³-hybridized carbons (Fsp3) is 0.500. The maximum absolute atomic E-state index is 12.1. The van der Waals surface area contributed by atoms with Crippen LogP contribution in [0.4, 0.5) is 5.69 Å². The van der Waals surface area contributed by atoms with E-state index in [0.717, 1.165) is 17.9 Å². The molecule has 6 nitrogen and oxygen atoms in total. The third kappa shape index (κ3) is 3.14. The molecule has 1 aromatic rings. The van der Waals surface area contributed by atoms with Crippen molar-refractivity contribution in [1.29, 1.82) is 0 Å². The van der Waals surface area contributed by atoms with E-state index < -0.39 is 10.0 Å². The number of nitrogens with zero attached hydrogens (tertiary/aromatic N) is 1. The zero-order chi connectivity index (χ0) is 13.0. The van der Waals surface area contributed by atoms with Crippen molar-refractivity contribution in [1.82, 2.24) is 9.71 Å². The molecule has 2 heterocycles. The first-order valence-corrected chi connectivity index (χ1v) is 8.26. The predicted octanol–water partition coefficient (Wildman–Crippen LogP) is 0.399. The Bertz CT molecular complexity index is 500. The van der Waals surface area contributed by atoms with Gasteiger partial charge in [-0.15, -0.1) is 0 Å². The molecule has 18 heavy (non-hydrogen) atoms. The van der Waals surface area contributed by atoms with Crippen molar-refractivity contribution in [3.05, 3.63) is 18.3 Å². The monoisotopic (exact) mass is 288 g/mol. The maximum Gasteiger partial charge on any atom is 0.260 e. The minimum atomic E-state index is -3.60. The van der Waals surface area contributed by atoms with Gasteiger partial charge in [-0.1, -0.05) is 0 Å². The van der Waals surface area contributed by atoms with E-state index in [1.165, 1.54) is 6.20 Å². The first-order chi connectivity index (χ1) is 8.63. The van der Waals surface area contributed by atoms with E-state index >= 15 is 0 Å². The maximum atomic E-state index is 12.1. The topological polar surface area (TPSA) is 97.1 Å². The molecule has 1 fully saturated rings. The third-order valence-corrected chi connectivity index (χ3v) is 5.38. The van der Waals surface area contributed by atoms with Crippen LogP contribution in [0.1, 0.15) is 6.42 Å². The molecule has 0 radical (unpaired) electrons. The van der Waals surface area contributed by atoms with Gasteiger partial charge in [-0.2, -0.15) is 11.8 Å². The summed E-state index contributed by atoms with van der Waals surface area (Å²) < 4.78 is 26.8. The second-order valence-electron chi connectivity index (χ2n) is 4.08. The number of aromatic nitrogens is 1. The van der Waals surface area contributed by atoms with Gasteiger partial charge in [-0.05, 0) is 36.0 Å². The number of pyridine rings is 1. The van der Waals surface area contributed by atoms with Crippen LogP contribution >= 0.6 is 11.8 Å². The Morgan fingerprint density at radius 1 is 1.56 bits per heavy atom. The summed E-state index contributed by atoms with van der Waals surface area (Å²) in [7, 11) is -3.60. The summed E-state index contributed by atoms with van der Waals surface area (Å²) in [5.74, 6) is 7.79. The van der Waals surface area contributed by atoms with Crippen molar-refractivity contribution in [3.8, 4) is 0 Å². The summed E-state index contributed by atoms with van der Waals surface area (Å²) in [5, 5.41) is -0.0573. The Morgan fingerprint density at radius 2 is 2.39 bits per heavy atom. The van der Waals surface area contributed by atoms with Gasteiger partial charge in [0.05, 0.1) is 5.69 Å². The van der Waals surface area contributed by atoms with Crippen LogP contribution < -0.4 is 16.0 Å². The highest BCUT2D eigenvalue weighted by molar-refractivity contribution is 7.99. The zero-order valence-electron chi connectivity index (χ0n) is 9.80. The largest absolute Gasteiger partial charge is 0.321 e. The number of hydrazine groups is 1. The molecule has 1 atom stereocenters. The van der Waals surface area contributed by atoms with Crippen LogP contribution in [0.25, 0.3) is 0 Å². The van der Waals surface area contributed by atoms with Crippen molar-refractivity contribution in [3.63, 3.8) is 0 Å². The molecule has 1 aromatic heterocycles. The molecule has 0 bridgehead atoms. The van der Waals surface area contributed by atoms with Crippen LogP contribution in [0.2, 0.25) is 0 Å². The molecule has 1 unspecified atom stereocenters. The van der Waals surface area contributed by atoms with Gasteiger partial charge in [-0.25, -0.2) is 18.1 Å². The van der Waals surface area contributed by atoms with E-state index in [-0.39, 0.29) is 5.03 Å². The van der Waals surface area contributed by atoms with Crippen molar-refractivity contribution < 1.29 is 8.42 Å². The van der Waals surface area contributed by atoms with Gasteiger partial charge >= 0.3 is 0 Å². The minimum Gasteiger partial charge on any atom is -0.321 e. The second-order valence-corrected chi connectivity index (χ2v) is 6.91. The standard InChI is InChI=1S/C10H16N4O2S2/c11-14-9-2-1-4-12-10(9)18(15,16)13-6-8-3-5-17-7-8/h1-2,4,8,13-14H,3,5-7,11H2. The number of rotatable bonds is 5. The van der Waals surface area contributed by atoms with E-state index in [9.17, 15) is 8.42 Å². The molecule has 100 valence electrons. The number of thioether (sulfide) groups is 1. The Morgan fingerprint density at radius 3 is 3.06 bits per heavy atom. The molecule has 2 rings (SSSR count). The van der Waals surface area contributed by atoms with Gasteiger partial charge in [0, 0.05) is 12.7 Å². The summed E-state index contributed by atoms with van der Waals surface area (Å²) >= 11 is 1.85. The van der Waals surface area contributed by atoms with E-state index in [1.54, 1.807) is 12.1 Å². The number of anilines is 1. The summed E-state index contributed by atoms with van der Waals surface area (Å²) in [4.78, 5) is 3.87. The molecular weight excluding hydrogens is 272 g/mol. The van der Waals surface area contributed by atoms with Gasteiger partial charge in [0.2, 0.25) is 0 Å². The van der Waals surface area contributed by atoms with Crippen molar-refractivity contribution in [2.24, 2.45) is 11.8 Å². The van der Waals surface area contributed by atoms with E-state index in [4.69, 9.17) is 5.84 Å². The third-order valence-electron chi connectivity index (χ3n) is 2.77. The number of hydrogen-bond acceptors (Lipinski definition) is 6. The van der Waals surface area contributed by atoms with Gasteiger partial charge in [0.25, 0.3) is 10.0 Å². The number of nitrogens with two attached hydrogens (primary N) is 1. The van der Waals surface area contributed by atoms with Crippen LogP contribution in [0, 0.1) is 5.92 Å². The van der Waals surface area contributed by atoms with E-state index in [0.29, 0.717) is 18.2 Å². The SMILES string of the molecule is NNc1cccnc1S(=O)(=O)NCC1CCSC1. The van der Waals surface area contributed by atoms with Gasteiger partial charge < -0.3 is 5.43 Å². The molecule has 1 aliphatic rings. The highest BCUT2D eigenvalue weighted by atomic mass is 32.2. The first kappa shape index (κ1) is 13.6. The lowest BCUT2D eigenvalue weighted by Gasteiger charge is -2.12. The normalized spacial score (nSPS) is 19.9. The first-order valence-electron chi connectivity index (χ1n) is 5.62. The highest BCUT2D eigenvalue weighted by Gasteiger charge is 2.22. The molecular formula is C10H16N4O2S2. The van der Waals surface area contributed by atoms with Crippen LogP contribution in [-0.2, 0) is 10.0 Å². The van der Waals surface area contributed by atoms with Crippen molar-refractivity contribution in [2.75, 3.05) is 23.5 Å². The van der Waals surface area contributed by atoms with Crippen molar-refractivity contribution in [2.45, 2.75) is 11.4 Å². The molecule has 0 aromatic carbocycles. The van der Waals surface area contributed by atoms with Crippen LogP contribution in [0.15, 0.2) is 23.4 Å². The highest BCUT2D eigenvalue weighted by Crippen LogP contribution is 2.23.